The summed E-state index contributed by atoms with van der Waals surface area (Å²) in [5.41, 5.74) is 1.46. The van der Waals surface area contributed by atoms with E-state index in [2.05, 4.69) is 26.6 Å². The lowest BCUT2D eigenvalue weighted by molar-refractivity contribution is -0.122. The molecule has 6 nitrogen and oxygen atoms in total. The third kappa shape index (κ3) is 5.82. The molecule has 0 radical (unpaired) electrons. The highest BCUT2D eigenvalue weighted by molar-refractivity contribution is 9.10. The number of rotatable bonds is 6. The van der Waals surface area contributed by atoms with Crippen molar-refractivity contribution in [1.82, 2.24) is 5.32 Å². The Morgan fingerprint density at radius 3 is 2.35 bits per heavy atom. The van der Waals surface area contributed by atoms with Gasteiger partial charge >= 0.3 is 0 Å². The Hall–Kier alpha value is -1.90. The number of nitrogens with one attached hydrogen (secondary N) is 2. The number of anilines is 1. The second-order valence-electron chi connectivity index (χ2n) is 5.50. The molecule has 0 fully saturated rings. The molecule has 2 aromatic rings. The zero-order valence-electron chi connectivity index (χ0n) is 13.8. The summed E-state index contributed by atoms with van der Waals surface area (Å²) < 4.78 is 25.2. The van der Waals surface area contributed by atoms with Gasteiger partial charge in [-0.25, -0.2) is 8.42 Å². The molecule has 0 saturated heterocycles. The molecule has 2 amide bonds. The number of carbonyl (C=O) groups is 2. The third-order valence-electron chi connectivity index (χ3n) is 3.40. The minimum Gasteiger partial charge on any atom is -0.346 e. The lowest BCUT2D eigenvalue weighted by Gasteiger charge is -2.10. The average molecular weight is 460 g/mol. The van der Waals surface area contributed by atoms with Crippen LogP contribution >= 0.6 is 27.5 Å². The van der Waals surface area contributed by atoms with Crippen LogP contribution < -0.4 is 10.6 Å². The zero-order valence-corrected chi connectivity index (χ0v) is 16.9. The van der Waals surface area contributed by atoms with Gasteiger partial charge in [0.15, 0.2) is 9.84 Å². The van der Waals surface area contributed by atoms with Gasteiger partial charge in [0.2, 0.25) is 11.8 Å². The third-order valence-corrected chi connectivity index (χ3v) is 5.78. The molecule has 0 saturated carbocycles. The number of aryl methyl sites for hydroxylation is 1. The number of amides is 2. The minimum atomic E-state index is -3.80. The van der Waals surface area contributed by atoms with Crippen molar-refractivity contribution in [2.75, 3.05) is 17.6 Å². The quantitative estimate of drug-likeness (QED) is 0.695. The fourth-order valence-corrected chi connectivity index (χ4v) is 3.86. The molecule has 2 aromatic carbocycles. The van der Waals surface area contributed by atoms with Gasteiger partial charge in [-0.1, -0.05) is 27.5 Å². The Labute approximate surface area is 165 Å². The summed E-state index contributed by atoms with van der Waals surface area (Å²) in [4.78, 5) is 23.8. The Morgan fingerprint density at radius 2 is 1.73 bits per heavy atom. The van der Waals surface area contributed by atoms with Crippen molar-refractivity contribution in [3.8, 4) is 0 Å². The molecule has 2 rings (SSSR count). The van der Waals surface area contributed by atoms with E-state index < -0.39 is 27.4 Å². The van der Waals surface area contributed by atoms with Crippen molar-refractivity contribution in [2.45, 2.75) is 11.8 Å². The fraction of sp³-hybridized carbons (Fsp3) is 0.176. The monoisotopic (exact) mass is 458 g/mol. The fourth-order valence-electron chi connectivity index (χ4n) is 2.09. The summed E-state index contributed by atoms with van der Waals surface area (Å²) in [6, 6.07) is 10.9. The van der Waals surface area contributed by atoms with Crippen LogP contribution in [0.5, 0.6) is 0 Å². The van der Waals surface area contributed by atoms with E-state index in [1.54, 1.807) is 12.1 Å². The number of hydrogen-bond donors (Lipinski definition) is 2. The molecule has 2 N–H and O–H groups in total. The van der Waals surface area contributed by atoms with Gasteiger partial charge in [0.25, 0.3) is 0 Å². The molecular formula is C17H16BrClN2O4S. The molecule has 0 spiro atoms. The first-order chi connectivity index (χ1) is 12.2. The van der Waals surface area contributed by atoms with Crippen LogP contribution in [-0.4, -0.2) is 32.5 Å². The number of carbonyl (C=O) groups excluding carboxylic acids is 2. The summed E-state index contributed by atoms with van der Waals surface area (Å²) in [5, 5.41) is 5.36. The molecule has 0 aliphatic heterocycles. The maximum atomic E-state index is 12.2. The second-order valence-corrected chi connectivity index (χ2v) is 8.84. The van der Waals surface area contributed by atoms with Gasteiger partial charge in [0.05, 0.1) is 11.4 Å². The van der Waals surface area contributed by atoms with Crippen molar-refractivity contribution in [3.63, 3.8) is 0 Å². The van der Waals surface area contributed by atoms with Crippen LogP contribution in [0, 0.1) is 6.92 Å². The maximum Gasteiger partial charge on any atom is 0.243 e. The summed E-state index contributed by atoms with van der Waals surface area (Å²) in [6.45, 7) is 1.50. The second kappa shape index (κ2) is 8.66. The summed E-state index contributed by atoms with van der Waals surface area (Å²) in [5.74, 6) is -1.96. The van der Waals surface area contributed by atoms with Crippen LogP contribution in [0.1, 0.15) is 5.56 Å². The number of benzene rings is 2. The number of hydrogen-bond acceptors (Lipinski definition) is 4. The number of halogens is 2. The van der Waals surface area contributed by atoms with Crippen molar-refractivity contribution in [1.29, 1.82) is 0 Å². The lowest BCUT2D eigenvalue weighted by atomic mass is 10.2. The highest BCUT2D eigenvalue weighted by Gasteiger charge is 2.19. The van der Waals surface area contributed by atoms with E-state index in [1.807, 2.05) is 13.0 Å². The van der Waals surface area contributed by atoms with Gasteiger partial charge in [0.1, 0.15) is 5.75 Å². The standard InChI is InChI=1S/C17H16BrClN2O4S/c1-11-8-12(18)2-7-15(11)21-16(22)9-20-17(23)10-26(24,25)14-5-3-13(19)4-6-14/h2-8H,9-10H2,1H3,(H,20,23)(H,21,22). The van der Waals surface area contributed by atoms with E-state index in [-0.39, 0.29) is 11.4 Å². The van der Waals surface area contributed by atoms with Crippen LogP contribution in [0.2, 0.25) is 5.02 Å². The summed E-state index contributed by atoms with van der Waals surface area (Å²) in [7, 11) is -3.80. The van der Waals surface area contributed by atoms with E-state index in [1.165, 1.54) is 24.3 Å². The summed E-state index contributed by atoms with van der Waals surface area (Å²) >= 11 is 9.05. The van der Waals surface area contributed by atoms with Crippen molar-refractivity contribution < 1.29 is 18.0 Å². The van der Waals surface area contributed by atoms with E-state index >= 15 is 0 Å². The highest BCUT2D eigenvalue weighted by atomic mass is 79.9. The van der Waals surface area contributed by atoms with Crippen LogP contribution in [0.4, 0.5) is 5.69 Å². The van der Waals surface area contributed by atoms with Crippen LogP contribution in [0.15, 0.2) is 51.8 Å². The lowest BCUT2D eigenvalue weighted by Crippen LogP contribution is -2.36. The predicted molar refractivity (Wildman–Crippen MR) is 104 cm³/mol. The molecule has 0 unspecified atom stereocenters. The zero-order chi connectivity index (χ0) is 19.3. The van der Waals surface area contributed by atoms with Gasteiger partial charge in [-0.05, 0) is 55.0 Å². The van der Waals surface area contributed by atoms with Crippen LogP contribution in [0.3, 0.4) is 0 Å². The molecule has 0 heterocycles. The first-order valence-corrected chi connectivity index (χ1v) is 10.3. The molecule has 0 aromatic heterocycles. The Kier molecular flexibility index (Phi) is 6.80. The molecule has 0 aliphatic carbocycles. The Balaban J connectivity index is 1.89. The topological polar surface area (TPSA) is 92.3 Å². The van der Waals surface area contributed by atoms with E-state index in [4.69, 9.17) is 11.6 Å². The van der Waals surface area contributed by atoms with Gasteiger partial charge < -0.3 is 10.6 Å². The molecule has 0 aliphatic rings. The van der Waals surface area contributed by atoms with Crippen molar-refractivity contribution in [3.05, 3.63) is 57.5 Å². The Bertz CT molecular complexity index is 930. The molecule has 138 valence electrons. The molecule has 0 bridgehead atoms. The van der Waals surface area contributed by atoms with Gasteiger partial charge in [-0.3, -0.25) is 9.59 Å². The SMILES string of the molecule is Cc1cc(Br)ccc1NC(=O)CNC(=O)CS(=O)(=O)c1ccc(Cl)cc1. The Morgan fingerprint density at radius 1 is 1.08 bits per heavy atom. The molecule has 0 atom stereocenters. The molecule has 9 heteroatoms. The van der Waals surface area contributed by atoms with E-state index in [0.29, 0.717) is 10.7 Å². The van der Waals surface area contributed by atoms with Crippen molar-refractivity contribution >= 4 is 54.9 Å². The summed E-state index contributed by atoms with van der Waals surface area (Å²) in [6.07, 6.45) is 0. The van der Waals surface area contributed by atoms with Gasteiger partial charge in [0, 0.05) is 15.2 Å². The first kappa shape index (κ1) is 20.4. The van der Waals surface area contributed by atoms with Gasteiger partial charge in [-0.15, -0.1) is 0 Å². The van der Waals surface area contributed by atoms with Gasteiger partial charge in [-0.2, -0.15) is 0 Å². The first-order valence-electron chi connectivity index (χ1n) is 7.48. The largest absolute Gasteiger partial charge is 0.346 e. The van der Waals surface area contributed by atoms with E-state index in [0.717, 1.165) is 10.0 Å². The minimum absolute atomic E-state index is 0.00742. The number of sulfone groups is 1. The van der Waals surface area contributed by atoms with Crippen LogP contribution in [0.25, 0.3) is 0 Å². The van der Waals surface area contributed by atoms with Crippen LogP contribution in [-0.2, 0) is 19.4 Å². The predicted octanol–water partition coefficient (Wildman–Crippen LogP) is 2.94. The molecule has 26 heavy (non-hydrogen) atoms. The maximum absolute atomic E-state index is 12.2. The van der Waals surface area contributed by atoms with E-state index in [9.17, 15) is 18.0 Å². The highest BCUT2D eigenvalue weighted by Crippen LogP contribution is 2.19. The average Bonchev–Trinajstić information content (AvgIpc) is 2.55. The van der Waals surface area contributed by atoms with Crippen molar-refractivity contribution in [2.24, 2.45) is 0 Å². The molecular weight excluding hydrogens is 444 g/mol. The normalized spacial score (nSPS) is 11.0. The smallest absolute Gasteiger partial charge is 0.243 e.